The van der Waals surface area contributed by atoms with Crippen molar-refractivity contribution < 1.29 is 9.53 Å². The summed E-state index contributed by atoms with van der Waals surface area (Å²) in [6, 6.07) is 0. The molecule has 0 spiro atoms. The molecule has 1 aliphatic rings. The summed E-state index contributed by atoms with van der Waals surface area (Å²) in [4.78, 5) is 11.1. The van der Waals surface area contributed by atoms with Crippen LogP contribution in [0.5, 0.6) is 0 Å². The van der Waals surface area contributed by atoms with E-state index in [9.17, 15) is 4.79 Å². The van der Waals surface area contributed by atoms with Crippen LogP contribution in [0.2, 0.25) is 0 Å². The van der Waals surface area contributed by atoms with E-state index in [1.807, 2.05) is 6.92 Å². The minimum atomic E-state index is -0.0207. The lowest BCUT2D eigenvalue weighted by atomic mass is 9.80. The summed E-state index contributed by atoms with van der Waals surface area (Å²) in [7, 11) is 0. The van der Waals surface area contributed by atoms with Crippen LogP contribution in [0.4, 0.5) is 0 Å². The highest BCUT2D eigenvalue weighted by Gasteiger charge is 2.42. The Bertz CT molecular complexity index is 272. The molecule has 0 radical (unpaired) electrons. The van der Waals surface area contributed by atoms with E-state index in [1.54, 1.807) is 0 Å². The number of cyclic esters (lactones) is 1. The Morgan fingerprint density at radius 3 is 2.00 bits per heavy atom. The summed E-state index contributed by atoms with van der Waals surface area (Å²) in [5.41, 5.74) is 0. The number of hydrogen-bond acceptors (Lipinski definition) is 2. The molecule has 3 unspecified atom stereocenters. The van der Waals surface area contributed by atoms with Crippen LogP contribution in [0.25, 0.3) is 0 Å². The highest BCUT2D eigenvalue weighted by Crippen LogP contribution is 2.33. The molecule has 2 nitrogen and oxygen atoms in total. The van der Waals surface area contributed by atoms with Crippen molar-refractivity contribution in [2.45, 2.75) is 66.9 Å². The van der Waals surface area contributed by atoms with Gasteiger partial charge in [0.2, 0.25) is 0 Å². The Balaban J connectivity index is 2.27. The summed E-state index contributed by atoms with van der Waals surface area (Å²) >= 11 is 0. The molecule has 0 aromatic carbocycles. The fraction of sp³-hybridized carbons (Fsp3) is 0.938. The van der Waals surface area contributed by atoms with E-state index < -0.39 is 0 Å². The lowest BCUT2D eigenvalue weighted by molar-refractivity contribution is -0.189. The Labute approximate surface area is 112 Å². The Morgan fingerprint density at radius 1 is 1.00 bits per heavy atom. The highest BCUT2D eigenvalue weighted by molar-refractivity contribution is 5.78. The predicted molar refractivity (Wildman–Crippen MR) is 75.2 cm³/mol. The first-order valence-electron chi connectivity index (χ1n) is 7.51. The summed E-state index contributed by atoms with van der Waals surface area (Å²) < 4.78 is 5.24. The minimum Gasteiger partial charge on any atom is -0.461 e. The molecule has 18 heavy (non-hydrogen) atoms. The summed E-state index contributed by atoms with van der Waals surface area (Å²) in [6.45, 7) is 13.5. The zero-order chi connectivity index (χ0) is 13.9. The van der Waals surface area contributed by atoms with Gasteiger partial charge in [0, 0.05) is 0 Å². The van der Waals surface area contributed by atoms with E-state index in [-0.39, 0.29) is 18.0 Å². The van der Waals surface area contributed by atoms with Crippen LogP contribution < -0.4 is 0 Å². The van der Waals surface area contributed by atoms with E-state index in [1.165, 1.54) is 19.3 Å². The van der Waals surface area contributed by atoms with Gasteiger partial charge in [-0.05, 0) is 49.9 Å². The van der Waals surface area contributed by atoms with Gasteiger partial charge in [0.15, 0.2) is 0 Å². The smallest absolute Gasteiger partial charge is 0.312 e. The largest absolute Gasteiger partial charge is 0.461 e. The lowest BCUT2D eigenvalue weighted by Gasteiger charge is -2.38. The number of carbonyl (C=O) groups is 1. The fourth-order valence-corrected chi connectivity index (χ4v) is 3.47. The van der Waals surface area contributed by atoms with E-state index in [4.69, 9.17) is 4.74 Å². The monoisotopic (exact) mass is 254 g/mol. The maximum absolute atomic E-state index is 11.1. The van der Waals surface area contributed by atoms with Crippen molar-refractivity contribution in [2.24, 2.45) is 29.6 Å². The maximum Gasteiger partial charge on any atom is 0.312 e. The topological polar surface area (TPSA) is 26.3 Å². The van der Waals surface area contributed by atoms with Crippen LogP contribution in [-0.4, -0.2) is 12.1 Å². The first-order valence-corrected chi connectivity index (χ1v) is 7.51. The molecule has 5 atom stereocenters. The Kier molecular flexibility index (Phi) is 5.68. The molecule has 1 saturated heterocycles. The molecular weight excluding hydrogens is 224 g/mol. The third-order valence-electron chi connectivity index (χ3n) is 4.13. The third-order valence-corrected chi connectivity index (χ3v) is 4.13. The van der Waals surface area contributed by atoms with Crippen molar-refractivity contribution in [3.63, 3.8) is 0 Å². The number of hydrogen-bond donors (Lipinski definition) is 0. The van der Waals surface area contributed by atoms with Crippen LogP contribution in [0, 0.1) is 29.6 Å². The Hall–Kier alpha value is -0.530. The van der Waals surface area contributed by atoms with Crippen LogP contribution >= 0.6 is 0 Å². The minimum absolute atomic E-state index is 0.0207. The Morgan fingerprint density at radius 2 is 1.56 bits per heavy atom. The number of rotatable bonds is 7. The van der Waals surface area contributed by atoms with Gasteiger partial charge in [-0.15, -0.1) is 0 Å². The average Bonchev–Trinajstić information content (AvgIpc) is 2.23. The molecule has 1 aliphatic heterocycles. The molecule has 1 heterocycles. The second kappa shape index (κ2) is 6.58. The van der Waals surface area contributed by atoms with Crippen LogP contribution in [0.1, 0.15) is 60.8 Å². The molecule has 0 bridgehead atoms. The maximum atomic E-state index is 11.1. The fourth-order valence-electron chi connectivity index (χ4n) is 3.47. The van der Waals surface area contributed by atoms with Crippen molar-refractivity contribution in [3.05, 3.63) is 0 Å². The molecule has 0 saturated carbocycles. The highest BCUT2D eigenvalue weighted by atomic mass is 16.6. The zero-order valence-electron chi connectivity index (χ0n) is 12.9. The van der Waals surface area contributed by atoms with Gasteiger partial charge in [-0.3, -0.25) is 4.79 Å². The van der Waals surface area contributed by atoms with Gasteiger partial charge in [0.25, 0.3) is 0 Å². The summed E-state index contributed by atoms with van der Waals surface area (Å²) in [5, 5.41) is 0. The van der Waals surface area contributed by atoms with Crippen molar-refractivity contribution in [2.75, 3.05) is 0 Å². The van der Waals surface area contributed by atoms with Crippen molar-refractivity contribution in [3.8, 4) is 0 Å². The van der Waals surface area contributed by atoms with E-state index in [0.29, 0.717) is 5.92 Å². The molecule has 2 heteroatoms. The quantitative estimate of drug-likeness (QED) is 0.634. The third kappa shape index (κ3) is 4.29. The van der Waals surface area contributed by atoms with E-state index in [2.05, 4.69) is 34.6 Å². The molecular formula is C16H30O2. The van der Waals surface area contributed by atoms with Crippen LogP contribution in [0.3, 0.4) is 0 Å². The van der Waals surface area contributed by atoms with E-state index in [0.717, 1.165) is 17.8 Å². The second-order valence-corrected chi connectivity index (χ2v) is 6.98. The second-order valence-electron chi connectivity index (χ2n) is 6.98. The van der Waals surface area contributed by atoms with Crippen LogP contribution in [0.15, 0.2) is 0 Å². The van der Waals surface area contributed by atoms with Gasteiger partial charge in [-0.1, -0.05) is 34.6 Å². The van der Waals surface area contributed by atoms with Gasteiger partial charge in [-0.2, -0.15) is 0 Å². The SMILES string of the molecule is CC(C)CC(C)CC(C)CC(C)[C@@H]1OC(=O)[C@H]1C. The molecule has 1 rings (SSSR count). The van der Waals surface area contributed by atoms with Gasteiger partial charge in [-0.25, -0.2) is 0 Å². The van der Waals surface area contributed by atoms with E-state index >= 15 is 0 Å². The standard InChI is InChI=1S/C16H30O2/c1-10(2)7-11(3)8-12(4)9-13(5)15-14(6)16(17)18-15/h10-15H,7-9H2,1-6H3/t11?,12?,13?,14-,15-/m0/s1. The summed E-state index contributed by atoms with van der Waals surface area (Å²) in [5.74, 6) is 2.90. The van der Waals surface area contributed by atoms with Gasteiger partial charge < -0.3 is 4.74 Å². The first kappa shape index (κ1) is 15.5. The van der Waals surface area contributed by atoms with Crippen LogP contribution in [-0.2, 0) is 9.53 Å². The molecule has 0 aromatic rings. The number of ether oxygens (including phenoxy) is 1. The number of carbonyl (C=O) groups excluding carboxylic acids is 1. The molecule has 0 aliphatic carbocycles. The van der Waals surface area contributed by atoms with Crippen molar-refractivity contribution in [1.29, 1.82) is 0 Å². The normalized spacial score (nSPS) is 28.5. The summed E-state index contributed by atoms with van der Waals surface area (Å²) in [6.07, 6.45) is 3.94. The predicted octanol–water partition coefficient (Wildman–Crippen LogP) is 4.28. The first-order chi connectivity index (χ1) is 8.31. The van der Waals surface area contributed by atoms with Gasteiger partial charge in [0.05, 0.1) is 5.92 Å². The lowest BCUT2D eigenvalue weighted by Crippen LogP contribution is -2.47. The number of esters is 1. The molecule has 0 N–H and O–H groups in total. The molecule has 0 amide bonds. The molecule has 0 aromatic heterocycles. The zero-order valence-corrected chi connectivity index (χ0v) is 12.9. The average molecular weight is 254 g/mol. The van der Waals surface area contributed by atoms with Crippen molar-refractivity contribution in [1.82, 2.24) is 0 Å². The molecule has 106 valence electrons. The van der Waals surface area contributed by atoms with Crippen molar-refractivity contribution >= 4 is 5.97 Å². The van der Waals surface area contributed by atoms with Gasteiger partial charge in [0.1, 0.15) is 6.10 Å². The molecule has 1 fully saturated rings. The van der Waals surface area contributed by atoms with Gasteiger partial charge >= 0.3 is 5.97 Å².